The summed E-state index contributed by atoms with van der Waals surface area (Å²) in [5.41, 5.74) is 6.26. The van der Waals surface area contributed by atoms with Crippen LogP contribution in [0.15, 0.2) is 12.1 Å². The van der Waals surface area contributed by atoms with Gasteiger partial charge in [-0.3, -0.25) is 0 Å². The van der Waals surface area contributed by atoms with Crippen molar-refractivity contribution in [3.63, 3.8) is 0 Å². The van der Waals surface area contributed by atoms with E-state index in [9.17, 15) is 8.78 Å². The third-order valence-electron chi connectivity index (χ3n) is 4.30. The van der Waals surface area contributed by atoms with Gasteiger partial charge in [0.25, 0.3) is 6.43 Å². The SMILES string of the molecule is NCC1(c2cc3c(cc2C(F)F)OCO3)CCCC1. The van der Waals surface area contributed by atoms with Crippen molar-refractivity contribution in [2.75, 3.05) is 13.3 Å². The van der Waals surface area contributed by atoms with E-state index < -0.39 is 6.43 Å². The molecule has 1 heterocycles. The predicted molar refractivity (Wildman–Crippen MR) is 66.7 cm³/mol. The van der Waals surface area contributed by atoms with Crippen LogP contribution < -0.4 is 15.2 Å². The number of ether oxygens (including phenoxy) is 2. The molecule has 0 amide bonds. The van der Waals surface area contributed by atoms with Gasteiger partial charge in [0.15, 0.2) is 11.5 Å². The van der Waals surface area contributed by atoms with Crippen LogP contribution in [0.4, 0.5) is 8.78 Å². The quantitative estimate of drug-likeness (QED) is 0.917. The highest BCUT2D eigenvalue weighted by molar-refractivity contribution is 5.52. The lowest BCUT2D eigenvalue weighted by Crippen LogP contribution is -2.33. The van der Waals surface area contributed by atoms with Gasteiger partial charge in [0.05, 0.1) is 0 Å². The number of rotatable bonds is 3. The highest BCUT2D eigenvalue weighted by Gasteiger charge is 2.38. The molecule has 2 N–H and O–H groups in total. The van der Waals surface area contributed by atoms with E-state index >= 15 is 0 Å². The Bertz CT molecular complexity index is 485. The molecule has 1 aliphatic heterocycles. The summed E-state index contributed by atoms with van der Waals surface area (Å²) in [5, 5.41) is 0. The zero-order valence-electron chi connectivity index (χ0n) is 10.6. The fraction of sp³-hybridized carbons (Fsp3) is 0.571. The number of hydrogen-bond acceptors (Lipinski definition) is 3. The lowest BCUT2D eigenvalue weighted by Gasteiger charge is -2.30. The Morgan fingerprint density at radius 3 is 2.37 bits per heavy atom. The van der Waals surface area contributed by atoms with Crippen molar-refractivity contribution in [1.82, 2.24) is 0 Å². The van der Waals surface area contributed by atoms with Crippen molar-refractivity contribution in [3.05, 3.63) is 23.3 Å². The zero-order chi connectivity index (χ0) is 13.5. The second kappa shape index (κ2) is 4.63. The number of alkyl halides is 2. The first-order valence-corrected chi connectivity index (χ1v) is 6.58. The summed E-state index contributed by atoms with van der Waals surface area (Å²) < 4.78 is 37.1. The van der Waals surface area contributed by atoms with E-state index in [0.29, 0.717) is 23.6 Å². The number of nitrogens with two attached hydrogens (primary N) is 1. The molecule has 1 aliphatic carbocycles. The highest BCUT2D eigenvalue weighted by atomic mass is 19.3. The maximum atomic E-state index is 13.3. The number of benzene rings is 1. The Morgan fingerprint density at radius 2 is 1.79 bits per heavy atom. The van der Waals surface area contributed by atoms with Crippen LogP contribution in [0.3, 0.4) is 0 Å². The average Bonchev–Trinajstić information content (AvgIpc) is 3.06. The minimum atomic E-state index is -2.52. The molecule has 3 rings (SSSR count). The summed E-state index contributed by atoms with van der Waals surface area (Å²) in [6, 6.07) is 3.13. The van der Waals surface area contributed by atoms with E-state index in [2.05, 4.69) is 0 Å². The van der Waals surface area contributed by atoms with Gasteiger partial charge in [-0.05, 0) is 30.5 Å². The van der Waals surface area contributed by atoms with Crippen LogP contribution >= 0.6 is 0 Å². The summed E-state index contributed by atoms with van der Waals surface area (Å²) in [7, 11) is 0. The van der Waals surface area contributed by atoms with Gasteiger partial charge >= 0.3 is 0 Å². The third kappa shape index (κ3) is 1.96. The second-order valence-electron chi connectivity index (χ2n) is 5.28. The minimum Gasteiger partial charge on any atom is -0.454 e. The molecule has 19 heavy (non-hydrogen) atoms. The molecule has 5 heteroatoms. The van der Waals surface area contributed by atoms with E-state index in [1.165, 1.54) is 6.07 Å². The van der Waals surface area contributed by atoms with Crippen molar-refractivity contribution >= 4 is 0 Å². The molecule has 104 valence electrons. The molecule has 0 spiro atoms. The summed E-state index contributed by atoms with van der Waals surface area (Å²) in [6.07, 6.45) is 1.28. The molecular weight excluding hydrogens is 252 g/mol. The van der Waals surface area contributed by atoms with E-state index in [1.807, 2.05) is 0 Å². The van der Waals surface area contributed by atoms with E-state index in [4.69, 9.17) is 15.2 Å². The van der Waals surface area contributed by atoms with Crippen molar-refractivity contribution in [1.29, 1.82) is 0 Å². The van der Waals surface area contributed by atoms with Crippen molar-refractivity contribution in [2.24, 2.45) is 5.73 Å². The van der Waals surface area contributed by atoms with Crippen LogP contribution in [0.5, 0.6) is 11.5 Å². The van der Waals surface area contributed by atoms with E-state index in [1.54, 1.807) is 6.07 Å². The predicted octanol–water partition coefficient (Wildman–Crippen LogP) is 3.12. The highest BCUT2D eigenvalue weighted by Crippen LogP contribution is 2.47. The van der Waals surface area contributed by atoms with Gasteiger partial charge in [-0.25, -0.2) is 8.78 Å². The summed E-state index contributed by atoms with van der Waals surface area (Å²) in [5.74, 6) is 0.961. The Labute approximate surface area is 110 Å². The largest absolute Gasteiger partial charge is 0.454 e. The molecular formula is C14H17F2NO2. The standard InChI is InChI=1S/C14H17F2NO2/c15-13(16)9-5-11-12(19-8-18-11)6-10(9)14(7-17)3-1-2-4-14/h5-6,13H,1-4,7-8,17H2. The Hall–Kier alpha value is -1.36. The van der Waals surface area contributed by atoms with E-state index in [0.717, 1.165) is 25.7 Å². The minimum absolute atomic E-state index is 0.0385. The van der Waals surface area contributed by atoms with Gasteiger partial charge in [0.1, 0.15) is 0 Å². The number of fused-ring (bicyclic) bond motifs is 1. The maximum absolute atomic E-state index is 13.3. The molecule has 1 aromatic rings. The molecule has 3 nitrogen and oxygen atoms in total. The van der Waals surface area contributed by atoms with Gasteiger partial charge < -0.3 is 15.2 Å². The molecule has 2 aliphatic rings. The van der Waals surface area contributed by atoms with Crippen molar-refractivity contribution in [3.8, 4) is 11.5 Å². The molecule has 0 atom stereocenters. The molecule has 1 fully saturated rings. The Morgan fingerprint density at radius 1 is 1.16 bits per heavy atom. The van der Waals surface area contributed by atoms with Crippen molar-refractivity contribution < 1.29 is 18.3 Å². The first-order chi connectivity index (χ1) is 9.16. The molecule has 1 aromatic carbocycles. The molecule has 0 unspecified atom stereocenters. The number of hydrogen-bond donors (Lipinski definition) is 1. The third-order valence-corrected chi connectivity index (χ3v) is 4.30. The maximum Gasteiger partial charge on any atom is 0.264 e. The van der Waals surface area contributed by atoms with Crippen molar-refractivity contribution in [2.45, 2.75) is 37.5 Å². The number of halogens is 2. The monoisotopic (exact) mass is 269 g/mol. The summed E-state index contributed by atoms with van der Waals surface area (Å²) in [6.45, 7) is 0.490. The first-order valence-electron chi connectivity index (χ1n) is 6.58. The average molecular weight is 269 g/mol. The fourth-order valence-electron chi connectivity index (χ4n) is 3.23. The first kappa shape index (κ1) is 12.7. The molecule has 0 saturated heterocycles. The molecule has 1 saturated carbocycles. The van der Waals surface area contributed by atoms with Crippen LogP contribution in [-0.2, 0) is 5.41 Å². The lowest BCUT2D eigenvalue weighted by atomic mass is 9.76. The van der Waals surface area contributed by atoms with E-state index in [-0.39, 0.29) is 17.8 Å². The van der Waals surface area contributed by atoms with Crippen LogP contribution in [0.1, 0.15) is 43.2 Å². The smallest absolute Gasteiger partial charge is 0.264 e. The lowest BCUT2D eigenvalue weighted by molar-refractivity contribution is 0.147. The Balaban J connectivity index is 2.13. The van der Waals surface area contributed by atoms with Crippen LogP contribution in [-0.4, -0.2) is 13.3 Å². The normalized spacial score (nSPS) is 20.2. The topological polar surface area (TPSA) is 44.5 Å². The van der Waals surface area contributed by atoms with Gasteiger partial charge in [0, 0.05) is 17.5 Å². The summed E-state index contributed by atoms with van der Waals surface area (Å²) >= 11 is 0. The van der Waals surface area contributed by atoms with Gasteiger partial charge in [0.2, 0.25) is 6.79 Å². The van der Waals surface area contributed by atoms with Crippen LogP contribution in [0.2, 0.25) is 0 Å². The van der Waals surface area contributed by atoms with Crippen LogP contribution in [0, 0.1) is 0 Å². The Kier molecular flexibility index (Phi) is 3.09. The zero-order valence-corrected chi connectivity index (χ0v) is 10.6. The van der Waals surface area contributed by atoms with Gasteiger partial charge in [-0.15, -0.1) is 0 Å². The van der Waals surface area contributed by atoms with Crippen LogP contribution in [0.25, 0.3) is 0 Å². The molecule has 0 aromatic heterocycles. The second-order valence-corrected chi connectivity index (χ2v) is 5.28. The fourth-order valence-corrected chi connectivity index (χ4v) is 3.23. The van der Waals surface area contributed by atoms with Gasteiger partial charge in [-0.2, -0.15) is 0 Å². The molecule has 0 bridgehead atoms. The summed E-state index contributed by atoms with van der Waals surface area (Å²) in [4.78, 5) is 0. The molecule has 0 radical (unpaired) electrons. The van der Waals surface area contributed by atoms with Gasteiger partial charge in [-0.1, -0.05) is 12.8 Å².